The van der Waals surface area contributed by atoms with Crippen molar-refractivity contribution in [1.82, 2.24) is 5.43 Å². The van der Waals surface area contributed by atoms with Gasteiger partial charge in [0.05, 0.1) is 6.21 Å². The summed E-state index contributed by atoms with van der Waals surface area (Å²) < 4.78 is 0. The number of primary amides is 1. The highest BCUT2D eigenvalue weighted by atomic mass is 16.2. The molecule has 0 spiro atoms. The number of hydrogen-bond acceptors (Lipinski definition) is 4. The maximum Gasteiger partial charge on any atom is 0.329 e. The fourth-order valence-electron chi connectivity index (χ4n) is 2.14. The second-order valence-electron chi connectivity index (χ2n) is 4.70. The van der Waals surface area contributed by atoms with Gasteiger partial charge < -0.3 is 10.6 Å². The van der Waals surface area contributed by atoms with Crippen molar-refractivity contribution in [1.29, 1.82) is 0 Å². The lowest BCUT2D eigenvalue weighted by Crippen LogP contribution is -2.32. The molecule has 0 saturated carbocycles. The number of piperidine rings is 1. The highest BCUT2D eigenvalue weighted by molar-refractivity contribution is 6.34. The van der Waals surface area contributed by atoms with Crippen molar-refractivity contribution >= 4 is 23.7 Å². The number of benzene rings is 1. The summed E-state index contributed by atoms with van der Waals surface area (Å²) in [6.07, 6.45) is 5.26. The van der Waals surface area contributed by atoms with Gasteiger partial charge in [0, 0.05) is 18.8 Å². The summed E-state index contributed by atoms with van der Waals surface area (Å²) >= 11 is 0. The predicted octanol–water partition coefficient (Wildman–Crippen LogP) is 0.612. The third-order valence-electron chi connectivity index (χ3n) is 3.22. The van der Waals surface area contributed by atoms with Gasteiger partial charge in [-0.2, -0.15) is 5.10 Å². The van der Waals surface area contributed by atoms with E-state index in [0.29, 0.717) is 0 Å². The number of hydrazone groups is 1. The minimum absolute atomic E-state index is 0.843. The molecule has 1 aromatic rings. The van der Waals surface area contributed by atoms with E-state index in [2.05, 4.69) is 15.4 Å². The average molecular weight is 274 g/mol. The second kappa shape index (κ2) is 6.70. The summed E-state index contributed by atoms with van der Waals surface area (Å²) in [6.45, 7) is 2.20. The van der Waals surface area contributed by atoms with E-state index in [0.717, 1.165) is 18.7 Å². The summed E-state index contributed by atoms with van der Waals surface area (Å²) in [7, 11) is 0. The smallest absolute Gasteiger partial charge is 0.329 e. The van der Waals surface area contributed by atoms with Crippen molar-refractivity contribution in [2.24, 2.45) is 10.8 Å². The van der Waals surface area contributed by atoms with Gasteiger partial charge in [0.1, 0.15) is 0 Å². The largest absolute Gasteiger partial charge is 0.372 e. The number of anilines is 1. The molecule has 2 amide bonds. The molecule has 0 radical (unpaired) electrons. The van der Waals surface area contributed by atoms with E-state index >= 15 is 0 Å². The van der Waals surface area contributed by atoms with Gasteiger partial charge in [-0.1, -0.05) is 12.1 Å². The van der Waals surface area contributed by atoms with E-state index < -0.39 is 11.8 Å². The molecular weight excluding hydrogens is 256 g/mol. The van der Waals surface area contributed by atoms with Gasteiger partial charge in [-0.05, 0) is 37.0 Å². The van der Waals surface area contributed by atoms with E-state index in [9.17, 15) is 9.59 Å². The predicted molar refractivity (Wildman–Crippen MR) is 77.4 cm³/mol. The molecule has 6 nitrogen and oxygen atoms in total. The molecule has 106 valence electrons. The summed E-state index contributed by atoms with van der Waals surface area (Å²) in [6, 6.07) is 7.90. The van der Waals surface area contributed by atoms with Crippen LogP contribution in [0.3, 0.4) is 0 Å². The number of amides is 2. The zero-order valence-electron chi connectivity index (χ0n) is 11.2. The molecule has 1 saturated heterocycles. The van der Waals surface area contributed by atoms with E-state index in [4.69, 9.17) is 5.73 Å². The van der Waals surface area contributed by atoms with Gasteiger partial charge in [0.2, 0.25) is 0 Å². The Balaban J connectivity index is 1.92. The Hall–Kier alpha value is -2.37. The van der Waals surface area contributed by atoms with Crippen LogP contribution in [-0.4, -0.2) is 31.1 Å². The number of nitrogens with two attached hydrogens (primary N) is 1. The van der Waals surface area contributed by atoms with Crippen LogP contribution < -0.4 is 16.1 Å². The Kier molecular flexibility index (Phi) is 4.70. The molecule has 1 heterocycles. The van der Waals surface area contributed by atoms with Crippen LogP contribution in [0.15, 0.2) is 29.4 Å². The SMILES string of the molecule is NC(=O)C(=O)N/N=C\c1ccc(N2CCCCC2)cc1. The maximum atomic E-state index is 10.9. The van der Waals surface area contributed by atoms with Crippen molar-refractivity contribution in [3.63, 3.8) is 0 Å². The molecule has 0 unspecified atom stereocenters. The highest BCUT2D eigenvalue weighted by Crippen LogP contribution is 2.19. The van der Waals surface area contributed by atoms with Crippen molar-refractivity contribution in [3.8, 4) is 0 Å². The molecule has 1 fully saturated rings. The van der Waals surface area contributed by atoms with Crippen LogP contribution in [0.25, 0.3) is 0 Å². The lowest BCUT2D eigenvalue weighted by molar-refractivity contribution is -0.137. The van der Waals surface area contributed by atoms with Crippen molar-refractivity contribution < 1.29 is 9.59 Å². The second-order valence-corrected chi connectivity index (χ2v) is 4.70. The van der Waals surface area contributed by atoms with E-state index in [-0.39, 0.29) is 0 Å². The molecule has 0 aliphatic carbocycles. The minimum Gasteiger partial charge on any atom is -0.372 e. The normalized spacial score (nSPS) is 15.3. The van der Waals surface area contributed by atoms with Gasteiger partial charge >= 0.3 is 11.8 Å². The number of hydrogen-bond donors (Lipinski definition) is 2. The molecule has 1 aromatic carbocycles. The maximum absolute atomic E-state index is 10.9. The Morgan fingerprint density at radius 3 is 2.40 bits per heavy atom. The summed E-state index contributed by atoms with van der Waals surface area (Å²) in [5.41, 5.74) is 8.88. The molecule has 6 heteroatoms. The van der Waals surface area contributed by atoms with Gasteiger partial charge in [-0.3, -0.25) is 9.59 Å². The summed E-state index contributed by atoms with van der Waals surface area (Å²) in [5, 5.41) is 3.67. The van der Waals surface area contributed by atoms with Crippen LogP contribution >= 0.6 is 0 Å². The van der Waals surface area contributed by atoms with Crippen molar-refractivity contribution in [2.75, 3.05) is 18.0 Å². The van der Waals surface area contributed by atoms with Crippen LogP contribution in [0.5, 0.6) is 0 Å². The first-order valence-corrected chi connectivity index (χ1v) is 6.64. The molecular formula is C14H18N4O2. The number of nitrogens with zero attached hydrogens (tertiary/aromatic N) is 2. The number of nitrogens with one attached hydrogen (secondary N) is 1. The van der Waals surface area contributed by atoms with Crippen LogP contribution in [0.4, 0.5) is 5.69 Å². The molecule has 20 heavy (non-hydrogen) atoms. The number of rotatable bonds is 3. The van der Waals surface area contributed by atoms with Crippen LogP contribution in [-0.2, 0) is 9.59 Å². The first-order chi connectivity index (χ1) is 9.66. The fraction of sp³-hybridized carbons (Fsp3) is 0.357. The Morgan fingerprint density at radius 2 is 1.80 bits per heavy atom. The quantitative estimate of drug-likeness (QED) is 0.481. The van der Waals surface area contributed by atoms with Gasteiger partial charge in [0.25, 0.3) is 0 Å². The topological polar surface area (TPSA) is 87.8 Å². The molecule has 2 rings (SSSR count). The molecule has 0 aromatic heterocycles. The van der Waals surface area contributed by atoms with Crippen LogP contribution in [0, 0.1) is 0 Å². The third kappa shape index (κ3) is 3.81. The highest BCUT2D eigenvalue weighted by Gasteiger charge is 2.10. The van der Waals surface area contributed by atoms with E-state index in [1.165, 1.54) is 31.2 Å². The zero-order valence-corrected chi connectivity index (χ0v) is 11.2. The number of carbonyl (C=O) groups excluding carboxylic acids is 2. The molecule has 1 aliphatic heterocycles. The Labute approximate surface area is 117 Å². The van der Waals surface area contributed by atoms with Crippen LogP contribution in [0.1, 0.15) is 24.8 Å². The first kappa shape index (κ1) is 14.0. The summed E-state index contributed by atoms with van der Waals surface area (Å²) in [5.74, 6) is -1.98. The number of carbonyl (C=O) groups is 2. The first-order valence-electron chi connectivity index (χ1n) is 6.64. The molecule has 0 atom stereocenters. The molecule has 0 bridgehead atoms. The zero-order chi connectivity index (χ0) is 14.4. The molecule has 1 aliphatic rings. The fourth-order valence-corrected chi connectivity index (χ4v) is 2.14. The Morgan fingerprint density at radius 1 is 1.15 bits per heavy atom. The van der Waals surface area contributed by atoms with E-state index in [1.807, 2.05) is 24.3 Å². The third-order valence-corrected chi connectivity index (χ3v) is 3.22. The standard InChI is InChI=1S/C14H18N4O2/c15-13(19)14(20)17-16-10-11-4-6-12(7-5-11)18-8-2-1-3-9-18/h4-7,10H,1-3,8-9H2,(H2,15,19)(H,17,20)/b16-10-. The molecule has 3 N–H and O–H groups in total. The van der Waals surface area contributed by atoms with Gasteiger partial charge in [-0.15, -0.1) is 0 Å². The van der Waals surface area contributed by atoms with Crippen LogP contribution in [0.2, 0.25) is 0 Å². The summed E-state index contributed by atoms with van der Waals surface area (Å²) in [4.78, 5) is 23.7. The lowest BCUT2D eigenvalue weighted by atomic mass is 10.1. The Bertz CT molecular complexity index is 504. The lowest BCUT2D eigenvalue weighted by Gasteiger charge is -2.28. The van der Waals surface area contributed by atoms with Gasteiger partial charge in [0.15, 0.2) is 0 Å². The van der Waals surface area contributed by atoms with Gasteiger partial charge in [-0.25, -0.2) is 5.43 Å². The monoisotopic (exact) mass is 274 g/mol. The van der Waals surface area contributed by atoms with E-state index in [1.54, 1.807) is 0 Å². The van der Waals surface area contributed by atoms with Crippen molar-refractivity contribution in [3.05, 3.63) is 29.8 Å². The van der Waals surface area contributed by atoms with Crippen molar-refractivity contribution in [2.45, 2.75) is 19.3 Å². The average Bonchev–Trinajstić information content (AvgIpc) is 2.48. The minimum atomic E-state index is -1.05.